The van der Waals surface area contributed by atoms with Gasteiger partial charge in [0.2, 0.25) is 5.91 Å². The molecule has 2 aliphatic heterocycles. The molecule has 2 rings (SSSR count). The van der Waals surface area contributed by atoms with E-state index in [0.717, 1.165) is 44.9 Å². The number of hydrogen-bond acceptors (Lipinski definition) is 2. The molecule has 1 atom stereocenters. The van der Waals surface area contributed by atoms with Crippen LogP contribution in [-0.2, 0) is 4.79 Å². The summed E-state index contributed by atoms with van der Waals surface area (Å²) in [5.74, 6) is 1.51. The average molecular weight is 280 g/mol. The fourth-order valence-electron chi connectivity index (χ4n) is 3.83. The molecular formula is C17H32N2O. The Labute approximate surface area is 124 Å². The molecule has 0 spiro atoms. The van der Waals surface area contributed by atoms with E-state index >= 15 is 0 Å². The Bertz CT molecular complexity index is 306. The predicted molar refractivity (Wildman–Crippen MR) is 83.6 cm³/mol. The van der Waals surface area contributed by atoms with Gasteiger partial charge in [0, 0.05) is 25.0 Å². The van der Waals surface area contributed by atoms with Gasteiger partial charge in [0.05, 0.1) is 0 Å². The minimum absolute atomic E-state index is 0.297. The number of carbonyl (C=O) groups is 1. The summed E-state index contributed by atoms with van der Waals surface area (Å²) in [4.78, 5) is 17.4. The van der Waals surface area contributed by atoms with Gasteiger partial charge >= 0.3 is 0 Å². The first-order valence-corrected chi connectivity index (χ1v) is 8.64. The number of amides is 1. The van der Waals surface area contributed by atoms with Gasteiger partial charge in [0.15, 0.2) is 0 Å². The molecule has 116 valence electrons. The topological polar surface area (TPSA) is 23.6 Å². The zero-order chi connectivity index (χ0) is 14.5. The molecule has 2 aliphatic rings. The molecular weight excluding hydrogens is 248 g/mol. The highest BCUT2D eigenvalue weighted by Gasteiger charge is 2.31. The minimum Gasteiger partial charge on any atom is -0.342 e. The van der Waals surface area contributed by atoms with Crippen LogP contribution in [0, 0.1) is 11.8 Å². The van der Waals surface area contributed by atoms with E-state index in [-0.39, 0.29) is 0 Å². The summed E-state index contributed by atoms with van der Waals surface area (Å²) in [5.41, 5.74) is 0. The largest absolute Gasteiger partial charge is 0.342 e. The van der Waals surface area contributed by atoms with E-state index in [2.05, 4.69) is 30.6 Å². The molecule has 0 aliphatic carbocycles. The van der Waals surface area contributed by atoms with E-state index in [4.69, 9.17) is 0 Å². The van der Waals surface area contributed by atoms with Crippen molar-refractivity contribution in [3.05, 3.63) is 0 Å². The lowest BCUT2D eigenvalue weighted by molar-refractivity contribution is -0.139. The Hall–Kier alpha value is -0.570. The Morgan fingerprint density at radius 2 is 1.85 bits per heavy atom. The summed E-state index contributed by atoms with van der Waals surface area (Å²) in [6.07, 6.45) is 7.19. The third kappa shape index (κ3) is 3.97. The molecule has 3 nitrogen and oxygen atoms in total. The summed E-state index contributed by atoms with van der Waals surface area (Å²) in [5, 5.41) is 0. The number of piperidine rings is 2. The molecule has 2 saturated heterocycles. The van der Waals surface area contributed by atoms with Gasteiger partial charge in [-0.25, -0.2) is 0 Å². The predicted octanol–water partition coefficient (Wildman–Crippen LogP) is 3.15. The van der Waals surface area contributed by atoms with Crippen LogP contribution in [0.5, 0.6) is 0 Å². The second-order valence-electron chi connectivity index (χ2n) is 6.99. The highest BCUT2D eigenvalue weighted by molar-refractivity contribution is 5.79. The Morgan fingerprint density at radius 3 is 2.45 bits per heavy atom. The van der Waals surface area contributed by atoms with Crippen molar-refractivity contribution in [1.29, 1.82) is 0 Å². The molecule has 0 radical (unpaired) electrons. The van der Waals surface area contributed by atoms with E-state index in [9.17, 15) is 4.79 Å². The van der Waals surface area contributed by atoms with Crippen molar-refractivity contribution < 1.29 is 4.79 Å². The highest BCUT2D eigenvalue weighted by Crippen LogP contribution is 2.26. The van der Waals surface area contributed by atoms with Crippen LogP contribution in [0.3, 0.4) is 0 Å². The van der Waals surface area contributed by atoms with E-state index < -0.39 is 0 Å². The normalized spacial score (nSPS) is 26.2. The first-order chi connectivity index (χ1) is 9.61. The van der Waals surface area contributed by atoms with Gasteiger partial charge in [-0.2, -0.15) is 0 Å². The lowest BCUT2D eigenvalue weighted by Crippen LogP contribution is -2.47. The monoisotopic (exact) mass is 280 g/mol. The van der Waals surface area contributed by atoms with Crippen molar-refractivity contribution in [3.63, 3.8) is 0 Å². The zero-order valence-electron chi connectivity index (χ0n) is 13.6. The van der Waals surface area contributed by atoms with Crippen LogP contribution in [0.4, 0.5) is 0 Å². The number of rotatable bonds is 4. The third-order valence-corrected chi connectivity index (χ3v) is 5.14. The molecule has 0 aromatic heterocycles. The summed E-state index contributed by atoms with van der Waals surface area (Å²) < 4.78 is 0. The van der Waals surface area contributed by atoms with Crippen molar-refractivity contribution >= 4 is 5.91 Å². The van der Waals surface area contributed by atoms with Crippen molar-refractivity contribution in [1.82, 2.24) is 9.80 Å². The molecule has 0 saturated carbocycles. The summed E-state index contributed by atoms with van der Waals surface area (Å²) in [6.45, 7) is 11.0. The van der Waals surface area contributed by atoms with Crippen molar-refractivity contribution in [2.45, 2.75) is 65.3 Å². The molecule has 1 unspecified atom stereocenters. The van der Waals surface area contributed by atoms with Crippen LogP contribution in [0.15, 0.2) is 0 Å². The van der Waals surface area contributed by atoms with Crippen molar-refractivity contribution in [3.8, 4) is 0 Å². The van der Waals surface area contributed by atoms with Crippen molar-refractivity contribution in [2.24, 2.45) is 11.8 Å². The SMILES string of the molecule is CCCC1CCCN(C(=O)C2CCN(C(C)C)CC2)C1. The first-order valence-electron chi connectivity index (χ1n) is 8.64. The van der Waals surface area contributed by atoms with Gasteiger partial charge in [0.1, 0.15) is 0 Å². The molecule has 0 N–H and O–H groups in total. The minimum atomic E-state index is 0.297. The van der Waals surface area contributed by atoms with Crippen LogP contribution < -0.4 is 0 Å². The first kappa shape index (κ1) is 15.8. The smallest absolute Gasteiger partial charge is 0.225 e. The zero-order valence-corrected chi connectivity index (χ0v) is 13.6. The maximum atomic E-state index is 12.7. The van der Waals surface area contributed by atoms with E-state index in [1.807, 2.05) is 0 Å². The van der Waals surface area contributed by atoms with E-state index in [1.54, 1.807) is 0 Å². The van der Waals surface area contributed by atoms with Gasteiger partial charge < -0.3 is 9.80 Å². The Kier molecular flexibility index (Phi) is 5.88. The maximum Gasteiger partial charge on any atom is 0.225 e. The summed E-state index contributed by atoms with van der Waals surface area (Å²) in [7, 11) is 0. The molecule has 3 heteroatoms. The van der Waals surface area contributed by atoms with E-state index in [1.165, 1.54) is 25.7 Å². The van der Waals surface area contributed by atoms with Gasteiger partial charge in [0.25, 0.3) is 0 Å². The molecule has 0 bridgehead atoms. The van der Waals surface area contributed by atoms with Gasteiger partial charge in [-0.05, 0) is 65.0 Å². The maximum absolute atomic E-state index is 12.7. The van der Waals surface area contributed by atoms with Crippen LogP contribution >= 0.6 is 0 Å². The van der Waals surface area contributed by atoms with Crippen LogP contribution in [-0.4, -0.2) is 47.9 Å². The average Bonchev–Trinajstić information content (AvgIpc) is 2.47. The molecule has 2 fully saturated rings. The van der Waals surface area contributed by atoms with E-state index in [0.29, 0.717) is 17.9 Å². The Morgan fingerprint density at radius 1 is 1.15 bits per heavy atom. The second kappa shape index (κ2) is 7.44. The number of likely N-dealkylation sites (tertiary alicyclic amines) is 2. The Balaban J connectivity index is 1.82. The third-order valence-electron chi connectivity index (χ3n) is 5.14. The van der Waals surface area contributed by atoms with Crippen molar-refractivity contribution in [2.75, 3.05) is 26.2 Å². The number of hydrogen-bond donors (Lipinski definition) is 0. The second-order valence-corrected chi connectivity index (χ2v) is 6.99. The summed E-state index contributed by atoms with van der Waals surface area (Å²) >= 11 is 0. The van der Waals surface area contributed by atoms with Gasteiger partial charge in [-0.15, -0.1) is 0 Å². The van der Waals surface area contributed by atoms with Crippen LogP contribution in [0.25, 0.3) is 0 Å². The number of carbonyl (C=O) groups excluding carboxylic acids is 1. The lowest BCUT2D eigenvalue weighted by atomic mass is 9.90. The van der Waals surface area contributed by atoms with Gasteiger partial charge in [-0.3, -0.25) is 4.79 Å². The van der Waals surface area contributed by atoms with Crippen LogP contribution in [0.1, 0.15) is 59.3 Å². The number of nitrogens with zero attached hydrogens (tertiary/aromatic N) is 2. The summed E-state index contributed by atoms with van der Waals surface area (Å²) in [6, 6.07) is 0.620. The fraction of sp³-hybridized carbons (Fsp3) is 0.941. The molecule has 2 heterocycles. The molecule has 1 amide bonds. The fourth-order valence-corrected chi connectivity index (χ4v) is 3.83. The van der Waals surface area contributed by atoms with Crippen LogP contribution in [0.2, 0.25) is 0 Å². The molecule has 0 aromatic carbocycles. The molecule has 20 heavy (non-hydrogen) atoms. The quantitative estimate of drug-likeness (QED) is 0.790. The van der Waals surface area contributed by atoms with Gasteiger partial charge in [-0.1, -0.05) is 13.3 Å². The lowest BCUT2D eigenvalue weighted by Gasteiger charge is -2.38. The standard InChI is InChI=1S/C17H32N2O/c1-4-6-15-7-5-10-19(13-15)17(20)16-8-11-18(12-9-16)14(2)3/h14-16H,4-13H2,1-3H3. The molecule has 0 aromatic rings. The highest BCUT2D eigenvalue weighted by atomic mass is 16.2.